The molecule has 0 radical (unpaired) electrons. The van der Waals surface area contributed by atoms with E-state index in [0.717, 1.165) is 11.1 Å². The van der Waals surface area contributed by atoms with Gasteiger partial charge in [0.15, 0.2) is 17.3 Å². The summed E-state index contributed by atoms with van der Waals surface area (Å²) in [5.74, 6) is 0.0624. The minimum absolute atomic E-state index is 0.131. The van der Waals surface area contributed by atoms with Crippen LogP contribution in [0.5, 0.6) is 11.5 Å². The van der Waals surface area contributed by atoms with Gasteiger partial charge in [-0.2, -0.15) is 0 Å². The highest BCUT2D eigenvalue weighted by atomic mass is 16.5. The Labute approximate surface area is 168 Å². The predicted molar refractivity (Wildman–Crippen MR) is 109 cm³/mol. The molecule has 0 spiro atoms. The second-order valence-corrected chi connectivity index (χ2v) is 6.29. The zero-order chi connectivity index (χ0) is 20.8. The van der Waals surface area contributed by atoms with Crippen molar-refractivity contribution in [1.29, 1.82) is 0 Å². The summed E-state index contributed by atoms with van der Waals surface area (Å²) >= 11 is 0. The van der Waals surface area contributed by atoms with Crippen LogP contribution < -0.4 is 20.1 Å². The minimum atomic E-state index is -0.477. The summed E-state index contributed by atoms with van der Waals surface area (Å²) < 4.78 is 15.7. The summed E-state index contributed by atoms with van der Waals surface area (Å²) in [5, 5.41) is 5.58. The zero-order valence-electron chi connectivity index (χ0n) is 16.4. The van der Waals surface area contributed by atoms with E-state index in [1.165, 1.54) is 32.6 Å². The van der Waals surface area contributed by atoms with E-state index in [9.17, 15) is 9.59 Å². The fourth-order valence-electron chi connectivity index (χ4n) is 2.84. The zero-order valence-corrected chi connectivity index (χ0v) is 16.4. The number of benzene rings is 2. The van der Waals surface area contributed by atoms with Gasteiger partial charge in [-0.3, -0.25) is 9.59 Å². The maximum absolute atomic E-state index is 12.9. The molecule has 1 aromatic heterocycles. The molecule has 0 saturated heterocycles. The quantitative estimate of drug-likeness (QED) is 0.636. The molecule has 3 aromatic rings. The molecular weight excluding hydrogens is 372 g/mol. The summed E-state index contributed by atoms with van der Waals surface area (Å²) in [7, 11) is 2.96. The van der Waals surface area contributed by atoms with Gasteiger partial charge in [0, 0.05) is 12.6 Å². The Balaban J connectivity index is 1.89. The molecule has 0 aliphatic heterocycles. The Morgan fingerprint density at radius 1 is 0.966 bits per heavy atom. The van der Waals surface area contributed by atoms with Crippen molar-refractivity contribution in [3.8, 4) is 11.5 Å². The van der Waals surface area contributed by atoms with Crippen LogP contribution in [-0.2, 0) is 6.54 Å². The maximum atomic E-state index is 12.9. The average molecular weight is 394 g/mol. The van der Waals surface area contributed by atoms with E-state index in [1.807, 2.05) is 31.2 Å². The van der Waals surface area contributed by atoms with Gasteiger partial charge in [0.25, 0.3) is 11.8 Å². The third kappa shape index (κ3) is 4.57. The van der Waals surface area contributed by atoms with Crippen LogP contribution in [0.2, 0.25) is 0 Å². The van der Waals surface area contributed by atoms with Crippen molar-refractivity contribution in [3.05, 3.63) is 77.2 Å². The molecule has 7 nitrogen and oxygen atoms in total. The summed E-state index contributed by atoms with van der Waals surface area (Å²) in [5.41, 5.74) is 2.61. The first-order valence-corrected chi connectivity index (χ1v) is 8.97. The fourth-order valence-corrected chi connectivity index (χ4v) is 2.84. The second kappa shape index (κ2) is 8.97. The lowest BCUT2D eigenvalue weighted by atomic mass is 10.1. The van der Waals surface area contributed by atoms with E-state index >= 15 is 0 Å². The number of nitrogens with one attached hydrogen (secondary N) is 2. The first-order chi connectivity index (χ1) is 14.0. The van der Waals surface area contributed by atoms with E-state index in [0.29, 0.717) is 18.0 Å². The standard InChI is InChI=1S/C22H22N2O5/c1-14-7-4-5-8-15(14)13-23-21(25)16-11-19(27-2)20(28-3)12-17(16)24-22(26)18-9-6-10-29-18/h4-12H,13H2,1-3H3,(H,23,25)(H,24,26). The lowest BCUT2D eigenvalue weighted by Gasteiger charge is -2.16. The number of anilines is 1. The van der Waals surface area contributed by atoms with Crippen molar-refractivity contribution in [2.24, 2.45) is 0 Å². The first-order valence-electron chi connectivity index (χ1n) is 8.97. The molecule has 7 heteroatoms. The van der Waals surface area contributed by atoms with Crippen molar-refractivity contribution in [2.45, 2.75) is 13.5 Å². The van der Waals surface area contributed by atoms with Gasteiger partial charge in [0.1, 0.15) is 0 Å². The van der Waals surface area contributed by atoms with Crippen LogP contribution >= 0.6 is 0 Å². The van der Waals surface area contributed by atoms with Crippen LogP contribution in [-0.4, -0.2) is 26.0 Å². The highest BCUT2D eigenvalue weighted by Crippen LogP contribution is 2.33. The topological polar surface area (TPSA) is 89.8 Å². The van der Waals surface area contributed by atoms with Crippen LogP contribution in [0.15, 0.2) is 59.2 Å². The molecule has 0 aliphatic rings. The van der Waals surface area contributed by atoms with Crippen molar-refractivity contribution in [2.75, 3.05) is 19.5 Å². The molecule has 2 N–H and O–H groups in total. The van der Waals surface area contributed by atoms with Gasteiger partial charge in [0.05, 0.1) is 31.7 Å². The third-order valence-electron chi connectivity index (χ3n) is 4.46. The largest absolute Gasteiger partial charge is 0.493 e. The number of furan rings is 1. The van der Waals surface area contributed by atoms with Gasteiger partial charge in [-0.1, -0.05) is 24.3 Å². The number of amides is 2. The molecule has 1 heterocycles. The van der Waals surface area contributed by atoms with Gasteiger partial charge >= 0.3 is 0 Å². The van der Waals surface area contributed by atoms with Crippen molar-refractivity contribution in [1.82, 2.24) is 5.32 Å². The summed E-state index contributed by atoms with van der Waals surface area (Å²) in [4.78, 5) is 25.3. The Morgan fingerprint density at radius 3 is 2.34 bits per heavy atom. The van der Waals surface area contributed by atoms with Gasteiger partial charge in [0.2, 0.25) is 0 Å². The first kappa shape index (κ1) is 20.0. The van der Waals surface area contributed by atoms with Crippen molar-refractivity contribution in [3.63, 3.8) is 0 Å². The minimum Gasteiger partial charge on any atom is -0.493 e. The van der Waals surface area contributed by atoms with Crippen LogP contribution in [0, 0.1) is 6.92 Å². The number of rotatable bonds is 7. The van der Waals surface area contributed by atoms with Crippen molar-refractivity contribution < 1.29 is 23.5 Å². The van der Waals surface area contributed by atoms with E-state index in [1.54, 1.807) is 12.1 Å². The molecule has 29 heavy (non-hydrogen) atoms. The normalized spacial score (nSPS) is 10.3. The van der Waals surface area contributed by atoms with E-state index in [2.05, 4.69) is 10.6 Å². The number of hydrogen-bond acceptors (Lipinski definition) is 5. The smallest absolute Gasteiger partial charge is 0.291 e. The number of carbonyl (C=O) groups excluding carboxylic acids is 2. The highest BCUT2D eigenvalue weighted by molar-refractivity contribution is 6.08. The fraction of sp³-hybridized carbons (Fsp3) is 0.182. The number of carbonyl (C=O) groups is 2. The predicted octanol–water partition coefficient (Wildman–Crippen LogP) is 3.79. The van der Waals surface area contributed by atoms with Gasteiger partial charge in [-0.15, -0.1) is 0 Å². The number of hydrogen-bond donors (Lipinski definition) is 2. The third-order valence-corrected chi connectivity index (χ3v) is 4.46. The molecule has 0 aliphatic carbocycles. The van der Waals surface area contributed by atoms with Gasteiger partial charge in [-0.05, 0) is 36.2 Å². The molecule has 3 rings (SSSR count). The van der Waals surface area contributed by atoms with Crippen LogP contribution in [0.3, 0.4) is 0 Å². The van der Waals surface area contributed by atoms with Crippen LogP contribution in [0.25, 0.3) is 0 Å². The van der Waals surface area contributed by atoms with Gasteiger partial charge in [-0.25, -0.2) is 0 Å². The van der Waals surface area contributed by atoms with E-state index in [4.69, 9.17) is 13.9 Å². The lowest BCUT2D eigenvalue weighted by Crippen LogP contribution is -2.25. The molecule has 2 aromatic carbocycles. The molecule has 0 atom stereocenters. The molecule has 0 bridgehead atoms. The Kier molecular flexibility index (Phi) is 6.19. The Hall–Kier alpha value is -3.74. The average Bonchev–Trinajstić information content (AvgIpc) is 3.27. The summed E-state index contributed by atoms with van der Waals surface area (Å²) in [6.07, 6.45) is 1.40. The summed E-state index contributed by atoms with van der Waals surface area (Å²) in [6, 6.07) is 14.0. The monoisotopic (exact) mass is 394 g/mol. The molecular formula is C22H22N2O5. The highest BCUT2D eigenvalue weighted by Gasteiger charge is 2.20. The van der Waals surface area contributed by atoms with Gasteiger partial charge < -0.3 is 24.5 Å². The Morgan fingerprint density at radius 2 is 1.69 bits per heavy atom. The molecule has 0 fully saturated rings. The SMILES string of the molecule is COc1cc(NC(=O)c2ccco2)c(C(=O)NCc2ccccc2C)cc1OC. The number of ether oxygens (including phenoxy) is 2. The molecule has 150 valence electrons. The van der Waals surface area contributed by atoms with E-state index in [-0.39, 0.29) is 22.9 Å². The number of methoxy groups -OCH3 is 2. The van der Waals surface area contributed by atoms with E-state index < -0.39 is 5.91 Å². The lowest BCUT2D eigenvalue weighted by molar-refractivity contribution is 0.0951. The second-order valence-electron chi connectivity index (χ2n) is 6.29. The molecule has 0 unspecified atom stereocenters. The summed E-state index contributed by atoms with van der Waals surface area (Å²) in [6.45, 7) is 2.33. The van der Waals surface area contributed by atoms with Crippen molar-refractivity contribution >= 4 is 17.5 Å². The molecule has 2 amide bonds. The Bertz CT molecular complexity index is 1010. The van der Waals surface area contributed by atoms with Crippen LogP contribution in [0.1, 0.15) is 32.0 Å². The van der Waals surface area contributed by atoms with Crippen LogP contribution in [0.4, 0.5) is 5.69 Å². The molecule has 0 saturated carbocycles. The number of aryl methyl sites for hydroxylation is 1. The maximum Gasteiger partial charge on any atom is 0.291 e.